The molecule has 17 heavy (non-hydrogen) atoms. The number of likely N-dealkylation sites (N-methyl/N-ethyl adjacent to an activating group) is 2. The SMILES string of the molecule is CN1C(=O)CC(N(C)Cc2ccccc2)C1=O. The Hall–Kier alpha value is -1.68. The Bertz CT molecular complexity index is 430. The van der Waals surface area contributed by atoms with Gasteiger partial charge in [-0.25, -0.2) is 0 Å². The molecule has 1 heterocycles. The molecule has 1 atom stereocenters. The topological polar surface area (TPSA) is 40.6 Å². The van der Waals surface area contributed by atoms with Crippen LogP contribution in [0.15, 0.2) is 30.3 Å². The molecule has 0 radical (unpaired) electrons. The number of amides is 2. The number of benzene rings is 1. The van der Waals surface area contributed by atoms with Crippen LogP contribution < -0.4 is 0 Å². The highest BCUT2D eigenvalue weighted by Crippen LogP contribution is 2.17. The second-order valence-corrected chi connectivity index (χ2v) is 4.41. The van der Waals surface area contributed by atoms with Crippen molar-refractivity contribution in [3.05, 3.63) is 35.9 Å². The predicted molar refractivity (Wildman–Crippen MR) is 64.1 cm³/mol. The zero-order chi connectivity index (χ0) is 12.4. The Morgan fingerprint density at radius 3 is 2.47 bits per heavy atom. The molecule has 1 aromatic carbocycles. The van der Waals surface area contributed by atoms with Crippen LogP contribution in [0.3, 0.4) is 0 Å². The average Bonchev–Trinajstić information content (AvgIpc) is 2.58. The monoisotopic (exact) mass is 232 g/mol. The highest BCUT2D eigenvalue weighted by atomic mass is 16.2. The average molecular weight is 232 g/mol. The molecule has 1 unspecified atom stereocenters. The molecule has 2 amide bonds. The van der Waals surface area contributed by atoms with Gasteiger partial charge in [-0.05, 0) is 12.6 Å². The minimum Gasteiger partial charge on any atom is -0.290 e. The molecule has 1 saturated heterocycles. The first-order valence-corrected chi connectivity index (χ1v) is 5.64. The van der Waals surface area contributed by atoms with Gasteiger partial charge in [-0.3, -0.25) is 19.4 Å². The molecule has 0 bridgehead atoms. The third-order valence-electron chi connectivity index (χ3n) is 3.16. The van der Waals surface area contributed by atoms with Crippen molar-refractivity contribution < 1.29 is 9.59 Å². The van der Waals surface area contributed by atoms with Crippen LogP contribution in [0.2, 0.25) is 0 Å². The maximum absolute atomic E-state index is 11.8. The van der Waals surface area contributed by atoms with Crippen LogP contribution in [0.25, 0.3) is 0 Å². The smallest absolute Gasteiger partial charge is 0.246 e. The van der Waals surface area contributed by atoms with Crippen molar-refractivity contribution in [2.24, 2.45) is 0 Å². The standard InChI is InChI=1S/C13H16N2O2/c1-14(9-10-6-4-3-5-7-10)11-8-12(16)15(2)13(11)17/h3-7,11H,8-9H2,1-2H3. The summed E-state index contributed by atoms with van der Waals surface area (Å²) in [6.07, 6.45) is 0.290. The molecule has 1 fully saturated rings. The number of rotatable bonds is 3. The summed E-state index contributed by atoms with van der Waals surface area (Å²) in [7, 11) is 3.42. The molecular weight excluding hydrogens is 216 g/mol. The molecule has 0 spiro atoms. The maximum atomic E-state index is 11.8. The van der Waals surface area contributed by atoms with E-state index >= 15 is 0 Å². The fraction of sp³-hybridized carbons (Fsp3) is 0.385. The van der Waals surface area contributed by atoms with Crippen molar-refractivity contribution in [3.8, 4) is 0 Å². The Morgan fingerprint density at radius 2 is 1.94 bits per heavy atom. The largest absolute Gasteiger partial charge is 0.290 e. The number of carbonyl (C=O) groups excluding carboxylic acids is 2. The van der Waals surface area contributed by atoms with E-state index in [1.165, 1.54) is 4.90 Å². The number of imide groups is 1. The summed E-state index contributed by atoms with van der Waals surface area (Å²) >= 11 is 0. The van der Waals surface area contributed by atoms with Gasteiger partial charge in [0.05, 0.1) is 12.5 Å². The van der Waals surface area contributed by atoms with E-state index in [1.54, 1.807) is 7.05 Å². The van der Waals surface area contributed by atoms with Crippen LogP contribution in [0, 0.1) is 0 Å². The van der Waals surface area contributed by atoms with E-state index in [1.807, 2.05) is 42.3 Å². The van der Waals surface area contributed by atoms with E-state index in [9.17, 15) is 9.59 Å². The van der Waals surface area contributed by atoms with E-state index in [4.69, 9.17) is 0 Å². The molecule has 1 aliphatic rings. The quantitative estimate of drug-likeness (QED) is 0.726. The number of hydrogen-bond acceptors (Lipinski definition) is 3. The van der Waals surface area contributed by atoms with Crippen LogP contribution in [0.1, 0.15) is 12.0 Å². The van der Waals surface area contributed by atoms with E-state index in [0.717, 1.165) is 5.56 Å². The van der Waals surface area contributed by atoms with Crippen LogP contribution in [-0.2, 0) is 16.1 Å². The van der Waals surface area contributed by atoms with E-state index in [0.29, 0.717) is 13.0 Å². The second kappa shape index (κ2) is 4.67. The number of hydrogen-bond donors (Lipinski definition) is 0. The Balaban J connectivity index is 2.04. The lowest BCUT2D eigenvalue weighted by atomic mass is 10.1. The first kappa shape index (κ1) is 11.8. The number of carbonyl (C=O) groups is 2. The van der Waals surface area contributed by atoms with Crippen molar-refractivity contribution in [1.82, 2.24) is 9.80 Å². The molecule has 0 aromatic heterocycles. The minimum atomic E-state index is -0.312. The maximum Gasteiger partial charge on any atom is 0.246 e. The van der Waals surface area contributed by atoms with Crippen molar-refractivity contribution in [3.63, 3.8) is 0 Å². The van der Waals surface area contributed by atoms with Gasteiger partial charge in [-0.15, -0.1) is 0 Å². The fourth-order valence-electron chi connectivity index (χ4n) is 2.06. The van der Waals surface area contributed by atoms with Gasteiger partial charge in [0.15, 0.2) is 0 Å². The molecule has 4 heteroatoms. The van der Waals surface area contributed by atoms with Gasteiger partial charge in [0.25, 0.3) is 0 Å². The van der Waals surface area contributed by atoms with Gasteiger partial charge in [0, 0.05) is 13.6 Å². The molecule has 4 nitrogen and oxygen atoms in total. The van der Waals surface area contributed by atoms with E-state index < -0.39 is 0 Å². The summed E-state index contributed by atoms with van der Waals surface area (Å²) in [5.41, 5.74) is 1.14. The first-order chi connectivity index (χ1) is 8.09. The Labute approximate surface area is 101 Å². The van der Waals surface area contributed by atoms with Gasteiger partial charge in [-0.2, -0.15) is 0 Å². The molecule has 0 saturated carbocycles. The molecule has 1 aliphatic heterocycles. The van der Waals surface area contributed by atoms with Gasteiger partial charge in [0.1, 0.15) is 0 Å². The second-order valence-electron chi connectivity index (χ2n) is 4.41. The zero-order valence-corrected chi connectivity index (χ0v) is 10.1. The molecule has 0 N–H and O–H groups in total. The van der Waals surface area contributed by atoms with Crippen molar-refractivity contribution in [2.45, 2.75) is 19.0 Å². The molecule has 1 aromatic rings. The Morgan fingerprint density at radius 1 is 1.29 bits per heavy atom. The minimum absolute atomic E-state index is 0.0973. The summed E-state index contributed by atoms with van der Waals surface area (Å²) in [5.74, 6) is -0.201. The highest BCUT2D eigenvalue weighted by Gasteiger charge is 2.38. The number of nitrogens with zero attached hydrogens (tertiary/aromatic N) is 2. The lowest BCUT2D eigenvalue weighted by Gasteiger charge is -2.22. The zero-order valence-electron chi connectivity index (χ0n) is 10.1. The molecule has 90 valence electrons. The van der Waals surface area contributed by atoms with Crippen LogP contribution in [0.5, 0.6) is 0 Å². The lowest BCUT2D eigenvalue weighted by molar-refractivity contribution is -0.137. The first-order valence-electron chi connectivity index (χ1n) is 5.64. The molecular formula is C13H16N2O2. The number of likely N-dealkylation sites (tertiary alicyclic amines) is 1. The molecule has 0 aliphatic carbocycles. The van der Waals surface area contributed by atoms with Crippen LogP contribution in [0.4, 0.5) is 0 Å². The lowest BCUT2D eigenvalue weighted by Crippen LogP contribution is -2.38. The van der Waals surface area contributed by atoms with Crippen LogP contribution in [-0.4, -0.2) is 41.8 Å². The highest BCUT2D eigenvalue weighted by molar-refractivity contribution is 6.05. The summed E-state index contributed by atoms with van der Waals surface area (Å²) in [6, 6.07) is 9.62. The van der Waals surface area contributed by atoms with Crippen molar-refractivity contribution in [1.29, 1.82) is 0 Å². The van der Waals surface area contributed by atoms with Gasteiger partial charge >= 0.3 is 0 Å². The third kappa shape index (κ3) is 2.36. The van der Waals surface area contributed by atoms with Gasteiger partial charge in [-0.1, -0.05) is 30.3 Å². The summed E-state index contributed by atoms with van der Waals surface area (Å²) in [6.45, 7) is 0.679. The summed E-state index contributed by atoms with van der Waals surface area (Å²) in [4.78, 5) is 26.4. The predicted octanol–water partition coefficient (Wildman–Crippen LogP) is 0.876. The summed E-state index contributed by atoms with van der Waals surface area (Å²) < 4.78 is 0. The van der Waals surface area contributed by atoms with E-state index in [2.05, 4.69) is 0 Å². The van der Waals surface area contributed by atoms with Crippen molar-refractivity contribution >= 4 is 11.8 Å². The van der Waals surface area contributed by atoms with Crippen molar-refractivity contribution in [2.75, 3.05) is 14.1 Å². The van der Waals surface area contributed by atoms with Gasteiger partial charge < -0.3 is 0 Å². The fourth-order valence-corrected chi connectivity index (χ4v) is 2.06. The normalized spacial score (nSPS) is 20.4. The van der Waals surface area contributed by atoms with Gasteiger partial charge in [0.2, 0.25) is 11.8 Å². The summed E-state index contributed by atoms with van der Waals surface area (Å²) in [5, 5.41) is 0. The van der Waals surface area contributed by atoms with Crippen LogP contribution >= 0.6 is 0 Å². The Kier molecular flexibility index (Phi) is 3.24. The third-order valence-corrected chi connectivity index (χ3v) is 3.16. The van der Waals surface area contributed by atoms with E-state index in [-0.39, 0.29) is 17.9 Å². The molecule has 2 rings (SSSR count).